The molecule has 1 fully saturated rings. The van der Waals surface area contributed by atoms with Crippen LogP contribution in [0.4, 0.5) is 0 Å². The Balaban J connectivity index is 1.43. The topological polar surface area (TPSA) is 68.5 Å². The van der Waals surface area contributed by atoms with Gasteiger partial charge >= 0.3 is 0 Å². The lowest BCUT2D eigenvalue weighted by Crippen LogP contribution is -2.48. The van der Waals surface area contributed by atoms with Crippen LogP contribution in [0.3, 0.4) is 0 Å². The Morgan fingerprint density at radius 2 is 1.39 bits per heavy atom. The lowest BCUT2D eigenvalue weighted by atomic mass is 10.0. The molecule has 1 atom stereocenters. The lowest BCUT2D eigenvalue weighted by Gasteiger charge is -2.39. The van der Waals surface area contributed by atoms with Crippen LogP contribution >= 0.6 is 0 Å². The SMILES string of the molecule is COc1ccc([C@@H](c2nnnn2Cc2ccccc2)N2CCN(Cc3ccccc3)CC2)cc1OC. The zero-order valence-corrected chi connectivity index (χ0v) is 20.8. The van der Waals surface area contributed by atoms with Gasteiger partial charge in [0.2, 0.25) is 0 Å². The van der Waals surface area contributed by atoms with E-state index in [1.54, 1.807) is 14.2 Å². The highest BCUT2D eigenvalue weighted by Gasteiger charge is 2.31. The van der Waals surface area contributed by atoms with Gasteiger partial charge in [-0.1, -0.05) is 66.7 Å². The molecule has 0 amide bonds. The van der Waals surface area contributed by atoms with Gasteiger partial charge in [0.25, 0.3) is 0 Å². The molecule has 2 heterocycles. The predicted octanol–water partition coefficient (Wildman–Crippen LogP) is 3.65. The van der Waals surface area contributed by atoms with E-state index in [0.717, 1.165) is 49.7 Å². The van der Waals surface area contributed by atoms with E-state index in [4.69, 9.17) is 9.47 Å². The fourth-order valence-electron chi connectivity index (χ4n) is 4.84. The Morgan fingerprint density at radius 1 is 0.750 bits per heavy atom. The van der Waals surface area contributed by atoms with E-state index >= 15 is 0 Å². The summed E-state index contributed by atoms with van der Waals surface area (Å²) >= 11 is 0. The number of hydrogen-bond acceptors (Lipinski definition) is 7. The maximum absolute atomic E-state index is 5.63. The zero-order valence-electron chi connectivity index (χ0n) is 20.8. The van der Waals surface area contributed by atoms with Crippen molar-refractivity contribution in [2.45, 2.75) is 19.1 Å². The molecule has 0 spiro atoms. The number of ether oxygens (including phenoxy) is 2. The first-order valence-electron chi connectivity index (χ1n) is 12.3. The predicted molar refractivity (Wildman–Crippen MR) is 138 cm³/mol. The molecule has 0 N–H and O–H groups in total. The second kappa shape index (κ2) is 11.3. The maximum Gasteiger partial charge on any atom is 0.173 e. The molecule has 8 nitrogen and oxygen atoms in total. The van der Waals surface area contributed by atoms with Crippen LogP contribution in [-0.4, -0.2) is 70.4 Å². The van der Waals surface area contributed by atoms with E-state index in [-0.39, 0.29) is 6.04 Å². The van der Waals surface area contributed by atoms with Crippen LogP contribution in [0.5, 0.6) is 11.5 Å². The first kappa shape index (κ1) is 24.0. The minimum absolute atomic E-state index is 0.109. The summed E-state index contributed by atoms with van der Waals surface area (Å²) in [5.74, 6) is 2.23. The van der Waals surface area contributed by atoms with Crippen LogP contribution in [0, 0.1) is 0 Å². The molecule has 8 heteroatoms. The highest BCUT2D eigenvalue weighted by molar-refractivity contribution is 5.45. The second-order valence-electron chi connectivity index (χ2n) is 9.00. The Bertz CT molecular complexity index is 1240. The smallest absolute Gasteiger partial charge is 0.173 e. The summed E-state index contributed by atoms with van der Waals surface area (Å²) in [4.78, 5) is 4.97. The molecule has 1 aliphatic rings. The van der Waals surface area contributed by atoms with Crippen molar-refractivity contribution >= 4 is 0 Å². The van der Waals surface area contributed by atoms with Crippen LogP contribution in [0.1, 0.15) is 28.6 Å². The molecular weight excluding hydrogens is 452 g/mol. The normalized spacial score (nSPS) is 15.5. The third kappa shape index (κ3) is 5.40. The monoisotopic (exact) mass is 484 g/mol. The van der Waals surface area contributed by atoms with Gasteiger partial charge in [-0.15, -0.1) is 5.10 Å². The maximum atomic E-state index is 5.63. The van der Waals surface area contributed by atoms with Crippen LogP contribution < -0.4 is 9.47 Å². The van der Waals surface area contributed by atoms with Gasteiger partial charge in [-0.05, 0) is 39.2 Å². The average molecular weight is 485 g/mol. The van der Waals surface area contributed by atoms with Crippen molar-refractivity contribution in [2.24, 2.45) is 0 Å². The minimum Gasteiger partial charge on any atom is -0.493 e. The lowest BCUT2D eigenvalue weighted by molar-refractivity contribution is 0.100. The summed E-state index contributed by atoms with van der Waals surface area (Å²) in [7, 11) is 3.32. The molecule has 0 saturated carbocycles. The fraction of sp³-hybridized carbons (Fsp3) is 0.321. The third-order valence-electron chi connectivity index (χ3n) is 6.72. The summed E-state index contributed by atoms with van der Waals surface area (Å²) in [6, 6.07) is 26.9. The highest BCUT2D eigenvalue weighted by atomic mass is 16.5. The van der Waals surface area contributed by atoms with Gasteiger partial charge in [0.1, 0.15) is 0 Å². The van der Waals surface area contributed by atoms with E-state index < -0.39 is 0 Å². The van der Waals surface area contributed by atoms with Gasteiger partial charge < -0.3 is 9.47 Å². The van der Waals surface area contributed by atoms with Crippen molar-refractivity contribution in [3.63, 3.8) is 0 Å². The molecule has 0 unspecified atom stereocenters. The number of hydrogen-bond donors (Lipinski definition) is 0. The largest absolute Gasteiger partial charge is 0.493 e. The Labute approximate surface area is 212 Å². The van der Waals surface area contributed by atoms with Crippen molar-refractivity contribution in [2.75, 3.05) is 40.4 Å². The van der Waals surface area contributed by atoms with E-state index in [2.05, 4.69) is 73.9 Å². The van der Waals surface area contributed by atoms with Gasteiger partial charge in [-0.3, -0.25) is 9.80 Å². The quantitative estimate of drug-likeness (QED) is 0.359. The molecule has 1 saturated heterocycles. The first-order chi connectivity index (χ1) is 17.7. The summed E-state index contributed by atoms with van der Waals surface area (Å²) in [5, 5.41) is 13.0. The molecule has 4 aromatic rings. The summed E-state index contributed by atoms with van der Waals surface area (Å²) < 4.78 is 13.0. The fourth-order valence-corrected chi connectivity index (χ4v) is 4.84. The molecule has 1 aromatic heterocycles. The molecule has 0 aliphatic carbocycles. The van der Waals surface area contributed by atoms with E-state index in [9.17, 15) is 0 Å². The number of tetrazole rings is 1. The van der Waals surface area contributed by atoms with E-state index in [1.165, 1.54) is 5.56 Å². The van der Waals surface area contributed by atoms with Gasteiger partial charge in [-0.2, -0.15) is 0 Å². The minimum atomic E-state index is -0.109. The number of piperazine rings is 1. The molecule has 3 aromatic carbocycles. The van der Waals surface area contributed by atoms with Crippen LogP contribution in [0.2, 0.25) is 0 Å². The van der Waals surface area contributed by atoms with Crippen molar-refractivity contribution < 1.29 is 9.47 Å². The molecule has 5 rings (SSSR count). The average Bonchev–Trinajstić information content (AvgIpc) is 3.38. The Morgan fingerprint density at radius 3 is 2.03 bits per heavy atom. The van der Waals surface area contributed by atoms with Crippen LogP contribution in [-0.2, 0) is 13.1 Å². The standard InChI is InChI=1S/C28H32N6O2/c1-35-25-14-13-24(19-26(25)36-2)27(28-29-30-31-34(28)21-23-11-7-4-8-12-23)33-17-15-32(16-18-33)20-22-9-5-3-6-10-22/h3-14,19,27H,15-18,20-21H2,1-2H3/t27-/m0/s1. The summed E-state index contributed by atoms with van der Waals surface area (Å²) in [5.41, 5.74) is 3.58. The molecular formula is C28H32N6O2. The second-order valence-corrected chi connectivity index (χ2v) is 9.00. The zero-order chi connectivity index (χ0) is 24.7. The number of benzene rings is 3. The number of rotatable bonds is 9. The molecule has 0 bridgehead atoms. The van der Waals surface area contributed by atoms with Crippen molar-refractivity contribution in [3.05, 3.63) is 101 Å². The Kier molecular flexibility index (Phi) is 7.54. The summed E-state index contributed by atoms with van der Waals surface area (Å²) in [6.07, 6.45) is 0. The van der Waals surface area contributed by atoms with Crippen molar-refractivity contribution in [3.8, 4) is 11.5 Å². The molecule has 36 heavy (non-hydrogen) atoms. The Hall–Kier alpha value is -3.75. The molecule has 186 valence electrons. The number of nitrogens with zero attached hydrogens (tertiary/aromatic N) is 6. The van der Waals surface area contributed by atoms with Gasteiger partial charge in [0, 0.05) is 32.7 Å². The highest BCUT2D eigenvalue weighted by Crippen LogP contribution is 2.35. The molecule has 0 radical (unpaired) electrons. The number of aromatic nitrogens is 4. The van der Waals surface area contributed by atoms with Crippen LogP contribution in [0.15, 0.2) is 78.9 Å². The number of methoxy groups -OCH3 is 2. The summed E-state index contributed by atoms with van der Waals surface area (Å²) in [6.45, 7) is 5.33. The first-order valence-corrected chi connectivity index (χ1v) is 12.3. The van der Waals surface area contributed by atoms with Gasteiger partial charge in [0.05, 0.1) is 26.8 Å². The van der Waals surface area contributed by atoms with Gasteiger partial charge in [-0.25, -0.2) is 4.68 Å². The molecule has 1 aliphatic heterocycles. The third-order valence-corrected chi connectivity index (χ3v) is 6.72. The van der Waals surface area contributed by atoms with Gasteiger partial charge in [0.15, 0.2) is 17.3 Å². The van der Waals surface area contributed by atoms with E-state index in [1.807, 2.05) is 35.0 Å². The van der Waals surface area contributed by atoms with Crippen molar-refractivity contribution in [1.29, 1.82) is 0 Å². The van der Waals surface area contributed by atoms with Crippen molar-refractivity contribution in [1.82, 2.24) is 30.0 Å². The van der Waals surface area contributed by atoms with E-state index in [0.29, 0.717) is 18.0 Å². The van der Waals surface area contributed by atoms with Crippen LogP contribution in [0.25, 0.3) is 0 Å².